The number of hydrogen-bond acceptors (Lipinski definition) is 5. The van der Waals surface area contributed by atoms with Gasteiger partial charge in [-0.1, -0.05) is 10.3 Å². The molecule has 0 radical (unpaired) electrons. The number of nitrogens with zero attached hydrogens (tertiary/aromatic N) is 1. The van der Waals surface area contributed by atoms with Crippen molar-refractivity contribution >= 4 is 20.0 Å². The summed E-state index contributed by atoms with van der Waals surface area (Å²) in [5.74, 6) is 0. The van der Waals surface area contributed by atoms with Gasteiger partial charge in [0.25, 0.3) is 0 Å². The van der Waals surface area contributed by atoms with Crippen molar-refractivity contribution in [2.75, 3.05) is 12.5 Å². The lowest BCUT2D eigenvalue weighted by Crippen LogP contribution is -2.42. The molecular formula is C6H13NO5S2. The zero-order valence-corrected chi connectivity index (χ0v) is 9.80. The van der Waals surface area contributed by atoms with Crippen LogP contribution in [0, 0.1) is 0 Å². The summed E-state index contributed by atoms with van der Waals surface area (Å²) in [5, 5.41) is 0. The highest BCUT2D eigenvalue weighted by Gasteiger charge is 2.32. The first-order valence-electron chi connectivity index (χ1n) is 3.56. The number of rotatable bonds is 5. The van der Waals surface area contributed by atoms with Gasteiger partial charge in [0.15, 0.2) is 6.23 Å². The molecule has 0 aromatic rings. The van der Waals surface area contributed by atoms with Gasteiger partial charge in [0, 0.05) is 0 Å². The maximum atomic E-state index is 11.1. The lowest BCUT2D eigenvalue weighted by molar-refractivity contribution is 0.104. The Hall–Kier alpha value is -0.600. The zero-order valence-electron chi connectivity index (χ0n) is 8.17. The highest BCUT2D eigenvalue weighted by Crippen LogP contribution is 2.12. The van der Waals surface area contributed by atoms with Gasteiger partial charge in [0.05, 0.1) is 18.8 Å². The molecule has 0 aromatic carbocycles. The molecular weight excluding hydrogens is 230 g/mol. The summed E-state index contributed by atoms with van der Waals surface area (Å²) in [6.45, 7) is 4.50. The van der Waals surface area contributed by atoms with Crippen LogP contribution in [-0.4, -0.2) is 39.3 Å². The van der Waals surface area contributed by atoms with Crippen molar-refractivity contribution in [3.8, 4) is 0 Å². The van der Waals surface area contributed by atoms with E-state index in [1.165, 1.54) is 6.92 Å². The number of sulfonamides is 2. The first kappa shape index (κ1) is 13.4. The van der Waals surface area contributed by atoms with Crippen LogP contribution in [0.25, 0.3) is 0 Å². The van der Waals surface area contributed by atoms with E-state index in [0.29, 0.717) is 0 Å². The number of ether oxygens (including phenoxy) is 1. The van der Waals surface area contributed by atoms with Crippen molar-refractivity contribution in [1.82, 2.24) is 3.71 Å². The molecule has 0 saturated carbocycles. The van der Waals surface area contributed by atoms with Crippen molar-refractivity contribution < 1.29 is 21.6 Å². The Labute approximate surface area is 84.3 Å². The van der Waals surface area contributed by atoms with Crippen molar-refractivity contribution in [3.63, 3.8) is 0 Å². The van der Waals surface area contributed by atoms with Gasteiger partial charge in [-0.15, -0.1) is 0 Å². The van der Waals surface area contributed by atoms with Crippen molar-refractivity contribution in [2.45, 2.75) is 13.2 Å². The monoisotopic (exact) mass is 243 g/mol. The van der Waals surface area contributed by atoms with E-state index >= 15 is 0 Å². The van der Waals surface area contributed by atoms with Crippen molar-refractivity contribution in [2.24, 2.45) is 0 Å². The van der Waals surface area contributed by atoms with Crippen LogP contribution in [0.15, 0.2) is 12.8 Å². The molecule has 0 aliphatic rings. The maximum absolute atomic E-state index is 11.1. The molecule has 8 heteroatoms. The van der Waals surface area contributed by atoms with E-state index in [1.54, 1.807) is 0 Å². The summed E-state index contributed by atoms with van der Waals surface area (Å²) in [5.41, 5.74) is 0. The topological polar surface area (TPSA) is 80.8 Å². The van der Waals surface area contributed by atoms with Gasteiger partial charge in [-0.3, -0.25) is 0 Å². The smallest absolute Gasteiger partial charge is 0.227 e. The van der Waals surface area contributed by atoms with Crippen LogP contribution in [0.2, 0.25) is 0 Å². The average Bonchev–Trinajstić information content (AvgIpc) is 1.78. The predicted molar refractivity (Wildman–Crippen MR) is 52.3 cm³/mol. The molecule has 0 fully saturated rings. The summed E-state index contributed by atoms with van der Waals surface area (Å²) in [6.07, 6.45) is 1.43. The van der Waals surface area contributed by atoms with E-state index in [9.17, 15) is 16.8 Å². The van der Waals surface area contributed by atoms with Crippen molar-refractivity contribution in [1.29, 1.82) is 0 Å². The Balaban J connectivity index is 5.25. The summed E-state index contributed by atoms with van der Waals surface area (Å²) in [7, 11) is -7.74. The summed E-state index contributed by atoms with van der Waals surface area (Å²) < 4.78 is 49.5. The van der Waals surface area contributed by atoms with Gasteiger partial charge < -0.3 is 4.74 Å². The van der Waals surface area contributed by atoms with Crippen LogP contribution in [-0.2, 0) is 24.8 Å². The predicted octanol–water partition coefficient (Wildman–Crippen LogP) is -0.286. The normalized spacial score (nSPS) is 15.1. The highest BCUT2D eigenvalue weighted by atomic mass is 32.3. The summed E-state index contributed by atoms with van der Waals surface area (Å²) in [4.78, 5) is 0. The van der Waals surface area contributed by atoms with E-state index in [4.69, 9.17) is 0 Å². The van der Waals surface area contributed by atoms with E-state index in [-0.39, 0.29) is 3.71 Å². The van der Waals surface area contributed by atoms with Gasteiger partial charge in [-0.25, -0.2) is 16.8 Å². The second-order valence-electron chi connectivity index (χ2n) is 2.65. The molecule has 0 bridgehead atoms. The molecule has 6 nitrogen and oxygen atoms in total. The SMILES string of the molecule is C=COC(C)N(S(C)(=O)=O)S(C)(=O)=O. The molecule has 1 atom stereocenters. The molecule has 0 saturated heterocycles. The first-order chi connectivity index (χ1) is 6.10. The molecule has 14 heavy (non-hydrogen) atoms. The Kier molecular flexibility index (Phi) is 4.10. The Morgan fingerprint density at radius 1 is 1.21 bits per heavy atom. The third-order valence-electron chi connectivity index (χ3n) is 1.24. The molecule has 0 aromatic heterocycles. The van der Waals surface area contributed by atoms with Crippen LogP contribution < -0.4 is 0 Å². The minimum atomic E-state index is -3.87. The Bertz CT molecular complexity index is 364. The van der Waals surface area contributed by atoms with E-state index in [1.807, 2.05) is 0 Å². The number of hydrogen-bond donors (Lipinski definition) is 0. The van der Waals surface area contributed by atoms with Crippen LogP contribution in [0.4, 0.5) is 0 Å². The van der Waals surface area contributed by atoms with Crippen LogP contribution >= 0.6 is 0 Å². The quantitative estimate of drug-likeness (QED) is 0.490. The van der Waals surface area contributed by atoms with E-state index in [0.717, 1.165) is 18.8 Å². The molecule has 0 spiro atoms. The molecule has 0 N–H and O–H groups in total. The third-order valence-corrected chi connectivity index (χ3v) is 4.77. The fourth-order valence-corrected chi connectivity index (χ4v) is 4.12. The second kappa shape index (κ2) is 4.28. The summed E-state index contributed by atoms with van der Waals surface area (Å²) >= 11 is 0. The van der Waals surface area contributed by atoms with Crippen LogP contribution in [0.1, 0.15) is 6.92 Å². The van der Waals surface area contributed by atoms with Gasteiger partial charge in [0.2, 0.25) is 20.0 Å². The standard InChI is InChI=1S/C6H13NO5S2/c1-5-12-6(2)7(13(3,8)9)14(4,10)11/h5-6H,1H2,2-4H3. The lowest BCUT2D eigenvalue weighted by Gasteiger charge is -2.23. The van der Waals surface area contributed by atoms with E-state index in [2.05, 4.69) is 11.3 Å². The minimum Gasteiger partial charge on any atom is -0.482 e. The van der Waals surface area contributed by atoms with Crippen LogP contribution in [0.5, 0.6) is 0 Å². The maximum Gasteiger partial charge on any atom is 0.227 e. The molecule has 0 amide bonds. The van der Waals surface area contributed by atoms with Gasteiger partial charge >= 0.3 is 0 Å². The second-order valence-corrected chi connectivity index (χ2v) is 6.60. The highest BCUT2D eigenvalue weighted by molar-refractivity contribution is 8.03. The minimum absolute atomic E-state index is 0.279. The first-order valence-corrected chi connectivity index (χ1v) is 7.26. The van der Waals surface area contributed by atoms with Crippen LogP contribution in [0.3, 0.4) is 0 Å². The molecule has 0 aliphatic heterocycles. The summed E-state index contributed by atoms with van der Waals surface area (Å²) in [6, 6.07) is 0. The molecule has 84 valence electrons. The van der Waals surface area contributed by atoms with E-state index < -0.39 is 26.3 Å². The van der Waals surface area contributed by atoms with Gasteiger partial charge in [0.1, 0.15) is 0 Å². The van der Waals surface area contributed by atoms with Crippen molar-refractivity contribution in [3.05, 3.63) is 12.8 Å². The largest absolute Gasteiger partial charge is 0.482 e. The average molecular weight is 243 g/mol. The van der Waals surface area contributed by atoms with Gasteiger partial charge in [-0.2, -0.15) is 0 Å². The Morgan fingerprint density at radius 2 is 1.57 bits per heavy atom. The molecule has 1 unspecified atom stereocenters. The molecule has 0 rings (SSSR count). The molecule has 0 aliphatic carbocycles. The third kappa shape index (κ3) is 3.64. The zero-order chi connectivity index (χ0) is 11.6. The Morgan fingerprint density at radius 3 is 1.79 bits per heavy atom. The molecule has 0 heterocycles. The fraction of sp³-hybridized carbons (Fsp3) is 0.667. The fourth-order valence-electron chi connectivity index (χ4n) is 0.974. The van der Waals surface area contributed by atoms with Gasteiger partial charge in [-0.05, 0) is 6.92 Å². The lowest BCUT2D eigenvalue weighted by atomic mass is 10.7.